The molecule has 1 fully saturated rings. The van der Waals surface area contributed by atoms with Gasteiger partial charge in [-0.25, -0.2) is 0 Å². The van der Waals surface area contributed by atoms with E-state index < -0.39 is 0 Å². The van der Waals surface area contributed by atoms with Gasteiger partial charge < -0.3 is 10.6 Å². The highest BCUT2D eigenvalue weighted by atomic mass is 16.2. The minimum absolute atomic E-state index is 0.0152. The van der Waals surface area contributed by atoms with E-state index in [2.05, 4.69) is 29.4 Å². The third-order valence-electron chi connectivity index (χ3n) is 4.27. The molecule has 0 aromatic heterocycles. The molecule has 0 aliphatic carbocycles. The second kappa shape index (κ2) is 8.63. The van der Waals surface area contributed by atoms with Gasteiger partial charge in [0.15, 0.2) is 0 Å². The van der Waals surface area contributed by atoms with Gasteiger partial charge in [-0.1, -0.05) is 6.92 Å². The fourth-order valence-electron chi connectivity index (χ4n) is 2.91. The summed E-state index contributed by atoms with van der Waals surface area (Å²) >= 11 is 0. The molecule has 20 heavy (non-hydrogen) atoms. The number of rotatable bonds is 7. The Morgan fingerprint density at radius 1 is 1.30 bits per heavy atom. The molecule has 1 rings (SSSR count). The van der Waals surface area contributed by atoms with Gasteiger partial charge in [0.05, 0.1) is 6.04 Å². The van der Waals surface area contributed by atoms with Crippen LogP contribution in [0.25, 0.3) is 0 Å². The Kier molecular flexibility index (Phi) is 7.52. The molecule has 3 unspecified atom stereocenters. The van der Waals surface area contributed by atoms with Gasteiger partial charge in [0.1, 0.15) is 0 Å². The van der Waals surface area contributed by atoms with Gasteiger partial charge in [-0.05, 0) is 66.0 Å². The van der Waals surface area contributed by atoms with Gasteiger partial charge in [0, 0.05) is 18.6 Å². The van der Waals surface area contributed by atoms with Crippen LogP contribution in [0.1, 0.15) is 53.9 Å². The van der Waals surface area contributed by atoms with Crippen LogP contribution >= 0.6 is 0 Å². The van der Waals surface area contributed by atoms with Crippen molar-refractivity contribution in [3.05, 3.63) is 0 Å². The average Bonchev–Trinajstić information content (AvgIpc) is 2.43. The van der Waals surface area contributed by atoms with Crippen molar-refractivity contribution < 1.29 is 4.79 Å². The molecule has 118 valence electrons. The number of nitrogens with one attached hydrogen (secondary N) is 2. The molecule has 1 saturated heterocycles. The molecule has 4 nitrogen and oxygen atoms in total. The van der Waals surface area contributed by atoms with E-state index >= 15 is 0 Å². The lowest BCUT2D eigenvalue weighted by atomic mass is 9.90. The van der Waals surface area contributed by atoms with E-state index in [-0.39, 0.29) is 18.0 Å². The fourth-order valence-corrected chi connectivity index (χ4v) is 2.91. The number of amides is 1. The van der Waals surface area contributed by atoms with E-state index in [4.69, 9.17) is 0 Å². The standard InChI is InChI=1S/C16H33N3O/c1-6-9-17-13(4)15-8-7-10-19(11-15)14(5)16(20)18-12(2)3/h12-15,17H,6-11H2,1-5H3,(H,18,20). The van der Waals surface area contributed by atoms with Gasteiger partial charge >= 0.3 is 0 Å². The Balaban J connectivity index is 2.49. The average molecular weight is 283 g/mol. The summed E-state index contributed by atoms with van der Waals surface area (Å²) < 4.78 is 0. The van der Waals surface area contributed by atoms with Crippen molar-refractivity contribution in [2.45, 2.75) is 72.0 Å². The maximum absolute atomic E-state index is 12.1. The Morgan fingerprint density at radius 2 is 2.00 bits per heavy atom. The third-order valence-corrected chi connectivity index (χ3v) is 4.27. The smallest absolute Gasteiger partial charge is 0.237 e. The minimum atomic E-state index is -0.0152. The first-order valence-corrected chi connectivity index (χ1v) is 8.23. The molecule has 3 atom stereocenters. The molecule has 0 spiro atoms. The van der Waals surface area contributed by atoms with Crippen molar-refractivity contribution in [1.29, 1.82) is 0 Å². The maximum Gasteiger partial charge on any atom is 0.237 e. The number of nitrogens with zero attached hydrogens (tertiary/aromatic N) is 1. The predicted molar refractivity (Wildman–Crippen MR) is 84.8 cm³/mol. The molecule has 0 aromatic rings. The molecule has 0 bridgehead atoms. The molecule has 1 heterocycles. The lowest BCUT2D eigenvalue weighted by Crippen LogP contribution is -2.52. The molecule has 4 heteroatoms. The number of hydrogen-bond acceptors (Lipinski definition) is 3. The van der Waals surface area contributed by atoms with Gasteiger partial charge in [0.2, 0.25) is 5.91 Å². The van der Waals surface area contributed by atoms with Crippen molar-refractivity contribution in [3.63, 3.8) is 0 Å². The maximum atomic E-state index is 12.1. The van der Waals surface area contributed by atoms with Crippen molar-refractivity contribution in [1.82, 2.24) is 15.5 Å². The van der Waals surface area contributed by atoms with Crippen LogP contribution in [0.15, 0.2) is 0 Å². The first-order valence-electron chi connectivity index (χ1n) is 8.23. The van der Waals surface area contributed by atoms with Crippen molar-refractivity contribution >= 4 is 5.91 Å². The second-order valence-corrected chi connectivity index (χ2v) is 6.48. The number of hydrogen-bond donors (Lipinski definition) is 2. The topological polar surface area (TPSA) is 44.4 Å². The number of piperidine rings is 1. The fraction of sp³-hybridized carbons (Fsp3) is 0.938. The summed E-state index contributed by atoms with van der Waals surface area (Å²) in [4.78, 5) is 14.5. The highest BCUT2D eigenvalue weighted by Crippen LogP contribution is 2.21. The Morgan fingerprint density at radius 3 is 2.60 bits per heavy atom. The van der Waals surface area contributed by atoms with E-state index in [1.165, 1.54) is 19.3 Å². The molecule has 0 aromatic carbocycles. The molecule has 0 saturated carbocycles. The Labute approximate surface area is 124 Å². The SMILES string of the molecule is CCCNC(C)C1CCCN(C(C)C(=O)NC(C)C)C1. The lowest BCUT2D eigenvalue weighted by Gasteiger charge is -2.39. The van der Waals surface area contributed by atoms with Gasteiger partial charge in [-0.15, -0.1) is 0 Å². The van der Waals surface area contributed by atoms with Crippen LogP contribution < -0.4 is 10.6 Å². The summed E-state index contributed by atoms with van der Waals surface area (Å²) in [6, 6.07) is 0.743. The van der Waals surface area contributed by atoms with E-state index in [0.717, 1.165) is 19.6 Å². The third kappa shape index (κ3) is 5.41. The zero-order valence-corrected chi connectivity index (χ0v) is 13.9. The molecular formula is C16H33N3O. The van der Waals surface area contributed by atoms with Crippen LogP contribution in [0.3, 0.4) is 0 Å². The summed E-state index contributed by atoms with van der Waals surface area (Å²) in [5.74, 6) is 0.819. The summed E-state index contributed by atoms with van der Waals surface area (Å²) in [6.07, 6.45) is 3.64. The Bertz CT molecular complexity index is 293. The Hall–Kier alpha value is -0.610. The molecule has 1 aliphatic heterocycles. The zero-order chi connectivity index (χ0) is 15.1. The van der Waals surface area contributed by atoms with E-state index in [1.54, 1.807) is 0 Å². The first-order chi connectivity index (χ1) is 9.45. The molecular weight excluding hydrogens is 250 g/mol. The summed E-state index contributed by atoms with van der Waals surface area (Å²) in [5.41, 5.74) is 0. The normalized spacial score (nSPS) is 23.6. The predicted octanol–water partition coefficient (Wildman–Crippen LogP) is 2.00. The number of carbonyl (C=O) groups excluding carboxylic acids is 1. The minimum Gasteiger partial charge on any atom is -0.353 e. The highest BCUT2D eigenvalue weighted by Gasteiger charge is 2.29. The molecule has 0 radical (unpaired) electrons. The van der Waals surface area contributed by atoms with E-state index in [0.29, 0.717) is 12.0 Å². The van der Waals surface area contributed by atoms with Crippen LogP contribution in [0.4, 0.5) is 0 Å². The first kappa shape index (κ1) is 17.4. The number of carbonyl (C=O) groups is 1. The van der Waals surface area contributed by atoms with Crippen molar-refractivity contribution in [2.75, 3.05) is 19.6 Å². The van der Waals surface area contributed by atoms with E-state index in [9.17, 15) is 4.79 Å². The quantitative estimate of drug-likeness (QED) is 0.751. The summed E-state index contributed by atoms with van der Waals surface area (Å²) in [6.45, 7) is 13.7. The van der Waals surface area contributed by atoms with Crippen LogP contribution in [0, 0.1) is 5.92 Å². The second-order valence-electron chi connectivity index (χ2n) is 6.48. The number of likely N-dealkylation sites (tertiary alicyclic amines) is 1. The van der Waals surface area contributed by atoms with Crippen LogP contribution in [0.5, 0.6) is 0 Å². The van der Waals surface area contributed by atoms with Crippen LogP contribution in [-0.4, -0.2) is 48.6 Å². The van der Waals surface area contributed by atoms with Gasteiger partial charge in [-0.3, -0.25) is 9.69 Å². The molecule has 2 N–H and O–H groups in total. The molecule has 1 aliphatic rings. The van der Waals surface area contributed by atoms with Crippen LogP contribution in [0.2, 0.25) is 0 Å². The zero-order valence-electron chi connectivity index (χ0n) is 13.9. The molecule has 1 amide bonds. The largest absolute Gasteiger partial charge is 0.353 e. The van der Waals surface area contributed by atoms with Crippen molar-refractivity contribution in [2.24, 2.45) is 5.92 Å². The lowest BCUT2D eigenvalue weighted by molar-refractivity contribution is -0.127. The monoisotopic (exact) mass is 283 g/mol. The summed E-state index contributed by atoms with van der Waals surface area (Å²) in [7, 11) is 0. The van der Waals surface area contributed by atoms with Gasteiger partial charge in [-0.2, -0.15) is 0 Å². The highest BCUT2D eigenvalue weighted by molar-refractivity contribution is 5.81. The van der Waals surface area contributed by atoms with Crippen LogP contribution in [-0.2, 0) is 4.79 Å². The summed E-state index contributed by atoms with van der Waals surface area (Å²) in [5, 5.41) is 6.62. The van der Waals surface area contributed by atoms with Gasteiger partial charge in [0.25, 0.3) is 0 Å². The van der Waals surface area contributed by atoms with E-state index in [1.807, 2.05) is 20.8 Å². The van der Waals surface area contributed by atoms with Crippen molar-refractivity contribution in [3.8, 4) is 0 Å².